The van der Waals surface area contributed by atoms with Gasteiger partial charge in [0.25, 0.3) is 0 Å². The minimum atomic E-state index is 0.105. The Kier molecular flexibility index (Phi) is 6.21. The molecule has 0 bridgehead atoms. The molecule has 0 aliphatic carbocycles. The first kappa shape index (κ1) is 18.0. The van der Waals surface area contributed by atoms with Crippen LogP contribution in [0.5, 0.6) is 5.88 Å². The van der Waals surface area contributed by atoms with E-state index in [4.69, 9.17) is 4.74 Å². The molecule has 0 fully saturated rings. The van der Waals surface area contributed by atoms with Crippen molar-refractivity contribution in [1.82, 2.24) is 10.3 Å². The summed E-state index contributed by atoms with van der Waals surface area (Å²) >= 11 is 0. The summed E-state index contributed by atoms with van der Waals surface area (Å²) in [7, 11) is 0. The molecule has 1 atom stereocenters. The largest absolute Gasteiger partial charge is 0.474 e. The quantitative estimate of drug-likeness (QED) is 0.837. The van der Waals surface area contributed by atoms with E-state index in [1.54, 1.807) is 0 Å². The van der Waals surface area contributed by atoms with E-state index in [1.807, 2.05) is 0 Å². The molecule has 0 saturated carbocycles. The number of ether oxygens (including phenoxy) is 1. The number of nitrogens with zero attached hydrogens (tertiary/aromatic N) is 1. The van der Waals surface area contributed by atoms with Gasteiger partial charge in [-0.15, -0.1) is 0 Å². The normalized spacial score (nSPS) is 13.8. The monoisotopic (exact) mass is 292 g/mol. The molecule has 1 unspecified atom stereocenters. The zero-order valence-electron chi connectivity index (χ0n) is 14.9. The van der Waals surface area contributed by atoms with Crippen molar-refractivity contribution in [3.63, 3.8) is 0 Å². The van der Waals surface area contributed by atoms with E-state index < -0.39 is 0 Å². The predicted molar refractivity (Wildman–Crippen MR) is 89.8 cm³/mol. The smallest absolute Gasteiger partial charge is 0.214 e. The molecular formula is C18H32N2O. The van der Waals surface area contributed by atoms with Crippen LogP contribution in [-0.4, -0.2) is 16.6 Å². The van der Waals surface area contributed by atoms with Crippen LogP contribution in [-0.2, 0) is 6.54 Å². The molecule has 1 aromatic heterocycles. The van der Waals surface area contributed by atoms with Crippen LogP contribution >= 0.6 is 0 Å². The number of pyridine rings is 1. The number of hydrogen-bond donors (Lipinski definition) is 1. The van der Waals surface area contributed by atoms with Crippen molar-refractivity contribution in [2.45, 2.75) is 79.5 Å². The van der Waals surface area contributed by atoms with E-state index in [0.29, 0.717) is 11.8 Å². The van der Waals surface area contributed by atoms with E-state index in [2.05, 4.69) is 77.8 Å². The Morgan fingerprint density at radius 3 is 2.19 bits per heavy atom. The van der Waals surface area contributed by atoms with Crippen molar-refractivity contribution < 1.29 is 4.74 Å². The van der Waals surface area contributed by atoms with Gasteiger partial charge in [-0.3, -0.25) is 0 Å². The lowest BCUT2D eigenvalue weighted by molar-refractivity contribution is 0.162. The third-order valence-corrected chi connectivity index (χ3v) is 3.54. The molecule has 0 aliphatic rings. The van der Waals surface area contributed by atoms with Gasteiger partial charge >= 0.3 is 0 Å². The number of aromatic nitrogens is 1. The number of rotatable bonds is 6. The lowest BCUT2D eigenvalue weighted by atomic mass is 10.1. The van der Waals surface area contributed by atoms with E-state index >= 15 is 0 Å². The maximum Gasteiger partial charge on any atom is 0.214 e. The number of nitrogens with one attached hydrogen (secondary N) is 1. The first-order valence-corrected chi connectivity index (χ1v) is 8.01. The average molecular weight is 292 g/mol. The van der Waals surface area contributed by atoms with Crippen LogP contribution in [0.3, 0.4) is 0 Å². The molecule has 1 aromatic rings. The second-order valence-electron chi connectivity index (χ2n) is 7.56. The molecule has 0 amide bonds. The third-order valence-electron chi connectivity index (χ3n) is 3.54. The molecule has 3 nitrogen and oxygen atoms in total. The van der Waals surface area contributed by atoms with Gasteiger partial charge in [0.05, 0.1) is 6.10 Å². The van der Waals surface area contributed by atoms with E-state index in [-0.39, 0.29) is 11.6 Å². The van der Waals surface area contributed by atoms with Crippen molar-refractivity contribution in [2.24, 2.45) is 5.92 Å². The fourth-order valence-corrected chi connectivity index (χ4v) is 1.73. The van der Waals surface area contributed by atoms with Crippen LogP contribution in [0, 0.1) is 5.92 Å². The minimum Gasteiger partial charge on any atom is -0.474 e. The summed E-state index contributed by atoms with van der Waals surface area (Å²) in [5, 5.41) is 3.52. The van der Waals surface area contributed by atoms with Crippen molar-refractivity contribution >= 4 is 0 Å². The molecule has 1 rings (SSSR count). The van der Waals surface area contributed by atoms with Crippen molar-refractivity contribution in [3.8, 4) is 5.88 Å². The summed E-state index contributed by atoms with van der Waals surface area (Å²) in [6, 6.07) is 4.24. The molecule has 0 aliphatic heterocycles. The molecule has 21 heavy (non-hydrogen) atoms. The van der Waals surface area contributed by atoms with E-state index in [1.165, 1.54) is 5.56 Å². The molecule has 1 heterocycles. The zero-order valence-corrected chi connectivity index (χ0v) is 14.9. The van der Waals surface area contributed by atoms with Crippen LogP contribution in [0.2, 0.25) is 0 Å². The molecule has 0 saturated heterocycles. The summed E-state index contributed by atoms with van der Waals surface area (Å²) < 4.78 is 6.00. The standard InChI is InChI=1S/C18H32N2O/c1-12(2)14(5)21-17-10-15(11-19-18(6,7)8)9-16(20-17)13(3)4/h9-10,12-14,19H,11H2,1-8H3. The topological polar surface area (TPSA) is 34.1 Å². The van der Waals surface area contributed by atoms with Crippen molar-refractivity contribution in [2.75, 3.05) is 0 Å². The lowest BCUT2D eigenvalue weighted by Crippen LogP contribution is -2.35. The van der Waals surface area contributed by atoms with Gasteiger partial charge in [0, 0.05) is 23.8 Å². The zero-order chi connectivity index (χ0) is 16.2. The van der Waals surface area contributed by atoms with E-state index in [9.17, 15) is 0 Å². The maximum absolute atomic E-state index is 6.00. The SMILES string of the molecule is CC(C)c1cc(CNC(C)(C)C)cc(OC(C)C(C)C)n1. The minimum absolute atomic E-state index is 0.105. The van der Waals surface area contributed by atoms with Gasteiger partial charge in [-0.25, -0.2) is 4.98 Å². The second-order valence-corrected chi connectivity index (χ2v) is 7.56. The molecular weight excluding hydrogens is 260 g/mol. The molecule has 1 N–H and O–H groups in total. The van der Waals surface area contributed by atoms with Crippen LogP contribution in [0.25, 0.3) is 0 Å². The summed E-state index contributed by atoms with van der Waals surface area (Å²) in [6.07, 6.45) is 0.170. The molecule has 0 aromatic carbocycles. The third kappa shape index (κ3) is 6.47. The van der Waals surface area contributed by atoms with Gasteiger partial charge in [0.15, 0.2) is 0 Å². The van der Waals surface area contributed by atoms with Crippen LogP contribution < -0.4 is 10.1 Å². The molecule has 0 spiro atoms. The summed E-state index contributed by atoms with van der Waals surface area (Å²) in [5.74, 6) is 1.62. The highest BCUT2D eigenvalue weighted by atomic mass is 16.5. The van der Waals surface area contributed by atoms with Gasteiger partial charge < -0.3 is 10.1 Å². The van der Waals surface area contributed by atoms with Crippen LogP contribution in [0.4, 0.5) is 0 Å². The maximum atomic E-state index is 6.00. The Hall–Kier alpha value is -1.09. The Labute approximate surface area is 130 Å². The van der Waals surface area contributed by atoms with Crippen molar-refractivity contribution in [3.05, 3.63) is 23.4 Å². The first-order chi connectivity index (χ1) is 9.58. The lowest BCUT2D eigenvalue weighted by Gasteiger charge is -2.22. The second kappa shape index (κ2) is 7.26. The van der Waals surface area contributed by atoms with Gasteiger partial charge in [-0.05, 0) is 51.2 Å². The molecule has 3 heteroatoms. The molecule has 120 valence electrons. The Balaban J connectivity index is 2.95. The summed E-state index contributed by atoms with van der Waals surface area (Å²) in [5.41, 5.74) is 2.43. The highest BCUT2D eigenvalue weighted by Crippen LogP contribution is 2.21. The predicted octanol–water partition coefficient (Wildman–Crippen LogP) is 4.52. The highest BCUT2D eigenvalue weighted by Gasteiger charge is 2.14. The van der Waals surface area contributed by atoms with Gasteiger partial charge in [0.1, 0.15) is 0 Å². The van der Waals surface area contributed by atoms with Crippen LogP contribution in [0.1, 0.15) is 72.6 Å². The summed E-state index contributed by atoms with van der Waals surface area (Å²) in [6.45, 7) is 18.1. The van der Waals surface area contributed by atoms with Gasteiger partial charge in [-0.1, -0.05) is 27.7 Å². The Morgan fingerprint density at radius 1 is 1.10 bits per heavy atom. The average Bonchev–Trinajstić information content (AvgIpc) is 2.35. The Morgan fingerprint density at radius 2 is 1.71 bits per heavy atom. The highest BCUT2D eigenvalue weighted by molar-refractivity contribution is 5.27. The fourth-order valence-electron chi connectivity index (χ4n) is 1.73. The number of hydrogen-bond acceptors (Lipinski definition) is 3. The molecule has 0 radical (unpaired) electrons. The Bertz CT molecular complexity index is 447. The van der Waals surface area contributed by atoms with Crippen molar-refractivity contribution in [1.29, 1.82) is 0 Å². The first-order valence-electron chi connectivity index (χ1n) is 8.01. The van der Waals surface area contributed by atoms with E-state index in [0.717, 1.165) is 18.1 Å². The van der Waals surface area contributed by atoms with Gasteiger partial charge in [0.2, 0.25) is 5.88 Å². The summed E-state index contributed by atoms with van der Waals surface area (Å²) in [4.78, 5) is 4.65. The van der Waals surface area contributed by atoms with Crippen LogP contribution in [0.15, 0.2) is 12.1 Å². The fraction of sp³-hybridized carbons (Fsp3) is 0.722. The van der Waals surface area contributed by atoms with Gasteiger partial charge in [-0.2, -0.15) is 0 Å².